The number of anilines is 1. The standard InChI is InChI=1S/C17H18BrNO2/c1-17(16(20)21-2,19-15-6-4-3-5-7-15)12-13-8-10-14(18)11-9-13/h3-11,19H,12H2,1-2H3. The van der Waals surface area contributed by atoms with Crippen molar-refractivity contribution in [3.63, 3.8) is 0 Å². The molecular weight excluding hydrogens is 330 g/mol. The Balaban J connectivity index is 2.24. The number of hydrogen-bond donors (Lipinski definition) is 1. The van der Waals surface area contributed by atoms with Crippen LogP contribution >= 0.6 is 15.9 Å². The molecule has 2 aromatic carbocycles. The maximum Gasteiger partial charge on any atom is 0.331 e. The molecule has 0 aliphatic rings. The molecule has 0 heterocycles. The van der Waals surface area contributed by atoms with Crippen molar-refractivity contribution in [3.8, 4) is 0 Å². The highest BCUT2D eigenvalue weighted by molar-refractivity contribution is 9.10. The number of hydrogen-bond acceptors (Lipinski definition) is 3. The highest BCUT2D eigenvalue weighted by Gasteiger charge is 2.34. The predicted octanol–water partition coefficient (Wildman–Crippen LogP) is 4.04. The normalized spacial score (nSPS) is 13.3. The first-order valence-electron chi connectivity index (χ1n) is 6.69. The van der Waals surface area contributed by atoms with Crippen LogP contribution in [-0.2, 0) is 16.0 Å². The van der Waals surface area contributed by atoms with Crippen LogP contribution in [-0.4, -0.2) is 18.6 Å². The average molecular weight is 348 g/mol. The quantitative estimate of drug-likeness (QED) is 0.829. The van der Waals surface area contributed by atoms with Crippen molar-refractivity contribution in [2.75, 3.05) is 12.4 Å². The van der Waals surface area contributed by atoms with Gasteiger partial charge in [-0.2, -0.15) is 0 Å². The molecule has 21 heavy (non-hydrogen) atoms. The Labute approximate surface area is 133 Å². The van der Waals surface area contributed by atoms with Crippen LogP contribution in [0.15, 0.2) is 59.1 Å². The van der Waals surface area contributed by atoms with Gasteiger partial charge in [-0.1, -0.05) is 46.3 Å². The van der Waals surface area contributed by atoms with E-state index in [1.165, 1.54) is 7.11 Å². The average Bonchev–Trinajstić information content (AvgIpc) is 2.49. The summed E-state index contributed by atoms with van der Waals surface area (Å²) in [6.45, 7) is 1.86. The molecule has 0 radical (unpaired) electrons. The molecule has 0 spiro atoms. The van der Waals surface area contributed by atoms with Gasteiger partial charge in [-0.15, -0.1) is 0 Å². The van der Waals surface area contributed by atoms with Crippen LogP contribution < -0.4 is 5.32 Å². The molecule has 1 unspecified atom stereocenters. The molecule has 0 aromatic heterocycles. The van der Waals surface area contributed by atoms with Gasteiger partial charge in [0.15, 0.2) is 0 Å². The molecule has 0 bridgehead atoms. The highest BCUT2D eigenvalue weighted by Crippen LogP contribution is 2.22. The minimum absolute atomic E-state index is 0.283. The highest BCUT2D eigenvalue weighted by atomic mass is 79.9. The second-order valence-corrected chi connectivity index (χ2v) is 6.03. The molecule has 110 valence electrons. The van der Waals surface area contributed by atoms with Gasteiger partial charge in [0.2, 0.25) is 0 Å². The summed E-state index contributed by atoms with van der Waals surface area (Å²) in [4.78, 5) is 12.2. The molecule has 2 rings (SSSR count). The molecule has 0 aliphatic carbocycles. The number of rotatable bonds is 5. The predicted molar refractivity (Wildman–Crippen MR) is 88.3 cm³/mol. The van der Waals surface area contributed by atoms with E-state index in [0.717, 1.165) is 15.7 Å². The van der Waals surface area contributed by atoms with Gasteiger partial charge in [-0.25, -0.2) is 4.79 Å². The lowest BCUT2D eigenvalue weighted by Crippen LogP contribution is -2.46. The van der Waals surface area contributed by atoms with Crippen molar-refractivity contribution < 1.29 is 9.53 Å². The van der Waals surface area contributed by atoms with Crippen LogP contribution in [0.25, 0.3) is 0 Å². The molecule has 1 N–H and O–H groups in total. The summed E-state index contributed by atoms with van der Waals surface area (Å²) in [6, 6.07) is 17.6. The first-order chi connectivity index (χ1) is 10.0. The molecular formula is C17H18BrNO2. The zero-order chi connectivity index (χ0) is 15.3. The van der Waals surface area contributed by atoms with Gasteiger partial charge in [0, 0.05) is 16.6 Å². The van der Waals surface area contributed by atoms with Crippen LogP contribution in [0.4, 0.5) is 5.69 Å². The summed E-state index contributed by atoms with van der Waals surface area (Å²) in [5, 5.41) is 3.28. The SMILES string of the molecule is COC(=O)C(C)(Cc1ccc(Br)cc1)Nc1ccccc1. The fourth-order valence-corrected chi connectivity index (χ4v) is 2.51. The molecule has 0 fully saturated rings. The second kappa shape index (κ2) is 6.76. The smallest absolute Gasteiger partial charge is 0.331 e. The lowest BCUT2D eigenvalue weighted by Gasteiger charge is -2.29. The van der Waals surface area contributed by atoms with Gasteiger partial charge < -0.3 is 10.1 Å². The number of esters is 1. The Hall–Kier alpha value is -1.81. The summed E-state index contributed by atoms with van der Waals surface area (Å²) >= 11 is 3.41. The van der Waals surface area contributed by atoms with Crippen molar-refractivity contribution in [2.24, 2.45) is 0 Å². The Morgan fingerprint density at radius 1 is 1.14 bits per heavy atom. The van der Waals surface area contributed by atoms with E-state index >= 15 is 0 Å². The number of halogens is 1. The summed E-state index contributed by atoms with van der Waals surface area (Å²) in [7, 11) is 1.41. The number of para-hydroxylation sites is 1. The third-order valence-electron chi connectivity index (χ3n) is 3.30. The largest absolute Gasteiger partial charge is 0.467 e. The first-order valence-corrected chi connectivity index (χ1v) is 7.49. The maximum absolute atomic E-state index is 12.2. The minimum atomic E-state index is -0.816. The second-order valence-electron chi connectivity index (χ2n) is 5.12. The van der Waals surface area contributed by atoms with Crippen molar-refractivity contribution >= 4 is 27.6 Å². The lowest BCUT2D eigenvalue weighted by atomic mass is 9.92. The van der Waals surface area contributed by atoms with Crippen LogP contribution in [0.2, 0.25) is 0 Å². The van der Waals surface area contributed by atoms with Crippen LogP contribution in [0.1, 0.15) is 12.5 Å². The summed E-state index contributed by atoms with van der Waals surface area (Å²) in [6.07, 6.45) is 0.543. The van der Waals surface area contributed by atoms with E-state index in [9.17, 15) is 4.79 Å². The zero-order valence-electron chi connectivity index (χ0n) is 12.1. The van der Waals surface area contributed by atoms with Gasteiger partial charge in [0.25, 0.3) is 0 Å². The monoisotopic (exact) mass is 347 g/mol. The van der Waals surface area contributed by atoms with Gasteiger partial charge >= 0.3 is 5.97 Å². The van der Waals surface area contributed by atoms with E-state index in [-0.39, 0.29) is 5.97 Å². The molecule has 0 aliphatic heterocycles. The van der Waals surface area contributed by atoms with Crippen molar-refractivity contribution in [3.05, 3.63) is 64.6 Å². The third-order valence-corrected chi connectivity index (χ3v) is 3.83. The van der Waals surface area contributed by atoms with Crippen molar-refractivity contribution in [1.29, 1.82) is 0 Å². The molecule has 4 heteroatoms. The zero-order valence-corrected chi connectivity index (χ0v) is 13.7. The van der Waals surface area contributed by atoms with Crippen molar-refractivity contribution in [2.45, 2.75) is 18.9 Å². The number of methoxy groups -OCH3 is 1. The van der Waals surface area contributed by atoms with Gasteiger partial charge in [-0.3, -0.25) is 0 Å². The number of ether oxygens (including phenoxy) is 1. The lowest BCUT2D eigenvalue weighted by molar-refractivity contribution is -0.145. The van der Waals surface area contributed by atoms with E-state index in [0.29, 0.717) is 6.42 Å². The van der Waals surface area contributed by atoms with Gasteiger partial charge in [0.05, 0.1) is 7.11 Å². The Morgan fingerprint density at radius 3 is 2.33 bits per heavy atom. The topological polar surface area (TPSA) is 38.3 Å². The van der Waals surface area contributed by atoms with E-state index in [1.807, 2.05) is 61.5 Å². The molecule has 3 nitrogen and oxygen atoms in total. The first kappa shape index (κ1) is 15.6. The number of nitrogens with one attached hydrogen (secondary N) is 1. The fraction of sp³-hybridized carbons (Fsp3) is 0.235. The summed E-state index contributed by atoms with van der Waals surface area (Å²) in [5.41, 5.74) is 1.14. The Kier molecular flexibility index (Phi) is 5.02. The van der Waals surface area contributed by atoms with E-state index < -0.39 is 5.54 Å². The maximum atomic E-state index is 12.2. The molecule has 2 aromatic rings. The van der Waals surface area contributed by atoms with Crippen LogP contribution in [0, 0.1) is 0 Å². The fourth-order valence-electron chi connectivity index (χ4n) is 2.24. The molecule has 1 atom stereocenters. The van der Waals surface area contributed by atoms with Crippen LogP contribution in [0.5, 0.6) is 0 Å². The Morgan fingerprint density at radius 2 is 1.76 bits per heavy atom. The minimum Gasteiger partial charge on any atom is -0.467 e. The summed E-state index contributed by atoms with van der Waals surface area (Å²) < 4.78 is 5.99. The number of carbonyl (C=O) groups is 1. The van der Waals surface area contributed by atoms with E-state index in [2.05, 4.69) is 21.2 Å². The molecule has 0 amide bonds. The number of benzene rings is 2. The van der Waals surface area contributed by atoms with Crippen molar-refractivity contribution in [1.82, 2.24) is 0 Å². The van der Waals surface area contributed by atoms with E-state index in [4.69, 9.17) is 4.74 Å². The van der Waals surface area contributed by atoms with Crippen LogP contribution in [0.3, 0.4) is 0 Å². The Bertz CT molecular complexity index is 598. The van der Waals surface area contributed by atoms with Gasteiger partial charge in [0.1, 0.15) is 5.54 Å². The molecule has 0 saturated heterocycles. The van der Waals surface area contributed by atoms with Gasteiger partial charge in [-0.05, 0) is 36.8 Å². The summed E-state index contributed by atoms with van der Waals surface area (Å²) in [5.74, 6) is -0.283. The molecule has 0 saturated carbocycles. The van der Waals surface area contributed by atoms with E-state index in [1.54, 1.807) is 0 Å². The third kappa shape index (κ3) is 4.08. The number of carbonyl (C=O) groups excluding carboxylic acids is 1.